The summed E-state index contributed by atoms with van der Waals surface area (Å²) in [5.41, 5.74) is 1.19. The van der Waals surface area contributed by atoms with E-state index in [4.69, 9.17) is 0 Å². The first-order valence-electron chi connectivity index (χ1n) is 6.95. The number of amides is 1. The maximum absolute atomic E-state index is 12.0. The van der Waals surface area contributed by atoms with Gasteiger partial charge >= 0.3 is 0 Å². The van der Waals surface area contributed by atoms with Gasteiger partial charge in [-0.25, -0.2) is 4.98 Å². The van der Waals surface area contributed by atoms with Crippen LogP contribution in [0.25, 0.3) is 0 Å². The van der Waals surface area contributed by atoms with Gasteiger partial charge in [-0.05, 0) is 26.2 Å². The fourth-order valence-electron chi connectivity index (χ4n) is 2.71. The van der Waals surface area contributed by atoms with Gasteiger partial charge in [0.15, 0.2) is 5.13 Å². The molecule has 3 rings (SSSR count). The fraction of sp³-hybridized carbons (Fsp3) is 0.692. The van der Waals surface area contributed by atoms with Gasteiger partial charge in [-0.1, -0.05) is 0 Å². The Hall–Kier alpha value is -0.400. The lowest BCUT2D eigenvalue weighted by molar-refractivity contribution is -0.118. The van der Waals surface area contributed by atoms with Crippen molar-refractivity contribution < 1.29 is 4.79 Å². The van der Waals surface area contributed by atoms with Crippen molar-refractivity contribution in [2.24, 2.45) is 0 Å². The smallest absolute Gasteiger partial charge is 0.240 e. The molecule has 1 amide bonds. The Morgan fingerprint density at radius 2 is 2.29 bits per heavy atom. The Morgan fingerprint density at radius 3 is 3.00 bits per heavy atom. The van der Waals surface area contributed by atoms with Crippen molar-refractivity contribution in [1.82, 2.24) is 15.2 Å². The molecule has 0 spiro atoms. The summed E-state index contributed by atoms with van der Waals surface area (Å²) in [5.74, 6) is 0.0566. The summed E-state index contributed by atoms with van der Waals surface area (Å²) in [6, 6.07) is 0.417. The molecule has 0 radical (unpaired) electrons. The molecule has 0 aromatic carbocycles. The van der Waals surface area contributed by atoms with E-state index in [1.54, 1.807) is 11.3 Å². The second-order valence-corrected chi connectivity index (χ2v) is 6.40. The van der Waals surface area contributed by atoms with Gasteiger partial charge in [0.2, 0.25) is 5.91 Å². The Kier molecular flexibility index (Phi) is 7.36. The average Bonchev–Trinajstić information content (AvgIpc) is 2.92. The first kappa shape index (κ1) is 18.6. The summed E-state index contributed by atoms with van der Waals surface area (Å²) in [5, 5.41) is 7.05. The minimum absolute atomic E-state index is 0. The highest BCUT2D eigenvalue weighted by molar-refractivity contribution is 7.15. The number of hydrogen-bond acceptors (Lipinski definition) is 5. The van der Waals surface area contributed by atoms with Gasteiger partial charge in [0.1, 0.15) is 0 Å². The van der Waals surface area contributed by atoms with E-state index in [0.717, 1.165) is 37.6 Å². The number of carbonyl (C=O) groups is 1. The molecule has 1 aliphatic carbocycles. The normalized spacial score (nSPS) is 21.1. The van der Waals surface area contributed by atoms with E-state index in [0.29, 0.717) is 12.6 Å². The zero-order valence-electron chi connectivity index (χ0n) is 12.1. The Balaban J connectivity index is 0.00000110. The molecular weight excluding hydrogens is 331 g/mol. The van der Waals surface area contributed by atoms with Crippen LogP contribution in [0.3, 0.4) is 0 Å². The molecule has 1 aliphatic heterocycles. The predicted molar refractivity (Wildman–Crippen MR) is 91.2 cm³/mol. The zero-order valence-corrected chi connectivity index (χ0v) is 14.5. The third-order valence-electron chi connectivity index (χ3n) is 3.83. The van der Waals surface area contributed by atoms with E-state index in [9.17, 15) is 4.79 Å². The van der Waals surface area contributed by atoms with E-state index in [1.165, 1.54) is 17.0 Å². The topological polar surface area (TPSA) is 57.3 Å². The Bertz CT molecular complexity index is 461. The van der Waals surface area contributed by atoms with Gasteiger partial charge in [-0.15, -0.1) is 36.2 Å². The maximum Gasteiger partial charge on any atom is 0.240 e. The molecule has 2 heterocycles. The number of carbonyl (C=O) groups excluding carboxylic acids is 1. The molecule has 2 aliphatic rings. The largest absolute Gasteiger partial charge is 0.314 e. The molecule has 0 bridgehead atoms. The van der Waals surface area contributed by atoms with Crippen molar-refractivity contribution in [2.75, 3.05) is 31.5 Å². The summed E-state index contributed by atoms with van der Waals surface area (Å²) >= 11 is 1.64. The van der Waals surface area contributed by atoms with Crippen molar-refractivity contribution in [2.45, 2.75) is 32.2 Å². The van der Waals surface area contributed by atoms with Crippen LogP contribution in [0.15, 0.2) is 0 Å². The number of nitrogens with one attached hydrogen (secondary N) is 2. The predicted octanol–water partition coefficient (Wildman–Crippen LogP) is 1.71. The van der Waals surface area contributed by atoms with Crippen molar-refractivity contribution in [3.63, 3.8) is 0 Å². The van der Waals surface area contributed by atoms with Gasteiger partial charge in [0, 0.05) is 30.6 Å². The minimum Gasteiger partial charge on any atom is -0.314 e. The highest BCUT2D eigenvalue weighted by Gasteiger charge is 2.22. The Morgan fingerprint density at radius 1 is 1.48 bits per heavy atom. The molecule has 2 N–H and O–H groups in total. The molecule has 21 heavy (non-hydrogen) atoms. The molecule has 1 aromatic rings. The number of aryl methyl sites for hydroxylation is 2. The zero-order chi connectivity index (χ0) is 13.2. The fourth-order valence-corrected chi connectivity index (χ4v) is 3.77. The monoisotopic (exact) mass is 352 g/mol. The van der Waals surface area contributed by atoms with Crippen molar-refractivity contribution in [1.29, 1.82) is 0 Å². The Labute approximate surface area is 141 Å². The molecule has 1 aromatic heterocycles. The lowest BCUT2D eigenvalue weighted by Crippen LogP contribution is -2.51. The van der Waals surface area contributed by atoms with Gasteiger partial charge in [0.25, 0.3) is 0 Å². The van der Waals surface area contributed by atoms with E-state index >= 15 is 0 Å². The van der Waals surface area contributed by atoms with Crippen LogP contribution in [0.4, 0.5) is 5.13 Å². The quantitative estimate of drug-likeness (QED) is 0.869. The number of aromatic nitrogens is 1. The van der Waals surface area contributed by atoms with Crippen LogP contribution in [-0.4, -0.2) is 48.0 Å². The van der Waals surface area contributed by atoms with Gasteiger partial charge in [-0.2, -0.15) is 0 Å². The lowest BCUT2D eigenvalue weighted by atomic mass is 10.2. The van der Waals surface area contributed by atoms with E-state index in [-0.39, 0.29) is 30.7 Å². The molecule has 8 heteroatoms. The SMILES string of the molecule is C[C@@H]1CNCCN1CC(=O)Nc1nc2c(s1)CCC2.Cl.Cl. The minimum atomic E-state index is 0. The standard InChI is InChI=1S/C13H20N4OS.2ClH/c1-9-7-14-5-6-17(9)8-12(18)16-13-15-10-3-2-4-11(10)19-13;;/h9,14H,2-8H2,1H3,(H,15,16,18);2*1H/t9-;;/m1../s1. The van der Waals surface area contributed by atoms with Crippen LogP contribution in [-0.2, 0) is 17.6 Å². The third kappa shape index (κ3) is 4.53. The van der Waals surface area contributed by atoms with Crippen LogP contribution in [0.2, 0.25) is 0 Å². The summed E-state index contributed by atoms with van der Waals surface area (Å²) in [4.78, 5) is 20.1. The van der Waals surface area contributed by atoms with Crippen molar-refractivity contribution >= 4 is 47.2 Å². The molecular formula is C13H22Cl2N4OS. The maximum atomic E-state index is 12.0. The number of fused-ring (bicyclic) bond motifs is 1. The average molecular weight is 353 g/mol. The number of nitrogens with zero attached hydrogens (tertiary/aromatic N) is 2. The van der Waals surface area contributed by atoms with Crippen LogP contribution in [0, 0.1) is 0 Å². The number of halogens is 2. The number of rotatable bonds is 3. The first-order chi connectivity index (χ1) is 9.22. The highest BCUT2D eigenvalue weighted by Crippen LogP contribution is 2.30. The number of thiazole rings is 1. The second-order valence-electron chi connectivity index (χ2n) is 5.31. The summed E-state index contributed by atoms with van der Waals surface area (Å²) < 4.78 is 0. The van der Waals surface area contributed by atoms with E-state index < -0.39 is 0 Å². The summed E-state index contributed by atoms with van der Waals surface area (Å²) in [6.45, 7) is 5.47. The van der Waals surface area contributed by atoms with Crippen molar-refractivity contribution in [3.05, 3.63) is 10.6 Å². The summed E-state index contributed by atoms with van der Waals surface area (Å²) in [6.07, 6.45) is 3.40. The van der Waals surface area contributed by atoms with Crippen molar-refractivity contribution in [3.8, 4) is 0 Å². The van der Waals surface area contributed by atoms with Gasteiger partial charge in [-0.3, -0.25) is 9.69 Å². The molecule has 5 nitrogen and oxygen atoms in total. The van der Waals surface area contributed by atoms with Crippen LogP contribution in [0.5, 0.6) is 0 Å². The van der Waals surface area contributed by atoms with Crippen LogP contribution >= 0.6 is 36.2 Å². The van der Waals surface area contributed by atoms with E-state index in [2.05, 4.69) is 27.4 Å². The van der Waals surface area contributed by atoms with Gasteiger partial charge in [0.05, 0.1) is 12.2 Å². The van der Waals surface area contributed by atoms with Crippen LogP contribution in [0.1, 0.15) is 23.9 Å². The number of hydrogen-bond donors (Lipinski definition) is 2. The molecule has 1 saturated heterocycles. The number of piperazine rings is 1. The highest BCUT2D eigenvalue weighted by atomic mass is 35.5. The second kappa shape index (κ2) is 8.29. The van der Waals surface area contributed by atoms with Crippen LogP contribution < -0.4 is 10.6 Å². The molecule has 1 atom stereocenters. The van der Waals surface area contributed by atoms with E-state index in [1.807, 2.05) is 0 Å². The molecule has 0 saturated carbocycles. The third-order valence-corrected chi connectivity index (χ3v) is 4.90. The number of anilines is 1. The lowest BCUT2D eigenvalue weighted by Gasteiger charge is -2.33. The molecule has 120 valence electrons. The first-order valence-corrected chi connectivity index (χ1v) is 7.77. The summed E-state index contributed by atoms with van der Waals surface area (Å²) in [7, 11) is 0. The van der Waals surface area contributed by atoms with Gasteiger partial charge < -0.3 is 10.6 Å². The molecule has 0 unspecified atom stereocenters. The molecule has 1 fully saturated rings.